The van der Waals surface area contributed by atoms with Crippen LogP contribution in [0.5, 0.6) is 5.88 Å². The lowest BCUT2D eigenvalue weighted by molar-refractivity contribution is 0.394. The first-order valence-electron chi connectivity index (χ1n) is 4.82. The van der Waals surface area contributed by atoms with Crippen LogP contribution in [-0.2, 0) is 0 Å². The zero-order valence-corrected chi connectivity index (χ0v) is 9.41. The van der Waals surface area contributed by atoms with Crippen molar-refractivity contribution in [2.45, 2.75) is 9.92 Å². The Morgan fingerprint density at radius 2 is 2.25 bits per heavy atom. The number of hydrogen-bond donors (Lipinski definition) is 1. The van der Waals surface area contributed by atoms with E-state index >= 15 is 0 Å². The van der Waals surface area contributed by atoms with Crippen molar-refractivity contribution in [2.75, 3.05) is 12.4 Å². The molecule has 4 nitrogen and oxygen atoms in total. The first-order valence-corrected chi connectivity index (χ1v) is 5.63. The lowest BCUT2D eigenvalue weighted by atomic mass is 10.4. The van der Waals surface area contributed by atoms with Crippen LogP contribution < -0.4 is 10.1 Å². The second kappa shape index (κ2) is 3.68. The average molecular weight is 231 g/mol. The Hall–Kier alpha value is -1.75. The maximum atomic E-state index is 5.10. The Morgan fingerprint density at radius 1 is 1.31 bits per heavy atom. The third-order valence-electron chi connectivity index (χ3n) is 2.27. The van der Waals surface area contributed by atoms with Gasteiger partial charge in [0.2, 0.25) is 5.88 Å². The lowest BCUT2D eigenvalue weighted by Crippen LogP contribution is -2.03. The summed E-state index contributed by atoms with van der Waals surface area (Å²) in [7, 11) is 1.62. The molecule has 0 aliphatic carbocycles. The number of nitrogens with zero attached hydrogens (tertiary/aromatic N) is 2. The fourth-order valence-electron chi connectivity index (χ4n) is 1.51. The van der Waals surface area contributed by atoms with Gasteiger partial charge in [0.15, 0.2) is 0 Å². The normalized spacial score (nSPS) is 12.3. The van der Waals surface area contributed by atoms with Crippen molar-refractivity contribution >= 4 is 23.3 Å². The number of anilines is 2. The Labute approximate surface area is 97.1 Å². The molecule has 2 aromatic rings. The van der Waals surface area contributed by atoms with Crippen LogP contribution in [0.2, 0.25) is 0 Å². The molecule has 16 heavy (non-hydrogen) atoms. The van der Waals surface area contributed by atoms with E-state index in [1.807, 2.05) is 24.3 Å². The van der Waals surface area contributed by atoms with Crippen molar-refractivity contribution in [1.82, 2.24) is 9.97 Å². The van der Waals surface area contributed by atoms with Crippen LogP contribution in [0.15, 0.2) is 40.4 Å². The molecule has 0 radical (unpaired) electrons. The predicted molar refractivity (Wildman–Crippen MR) is 62.4 cm³/mol. The molecule has 0 aromatic carbocycles. The van der Waals surface area contributed by atoms with Crippen molar-refractivity contribution in [1.29, 1.82) is 0 Å². The molecule has 0 saturated heterocycles. The smallest absolute Gasteiger partial charge is 0.214 e. The number of ether oxygens (including phenoxy) is 1. The molecule has 5 heteroatoms. The molecule has 1 N–H and O–H groups in total. The zero-order valence-electron chi connectivity index (χ0n) is 8.60. The van der Waals surface area contributed by atoms with Crippen molar-refractivity contribution in [3.63, 3.8) is 0 Å². The molecular formula is C11H9N3OS. The maximum absolute atomic E-state index is 5.10. The summed E-state index contributed by atoms with van der Waals surface area (Å²) in [4.78, 5) is 9.73. The minimum absolute atomic E-state index is 0.625. The van der Waals surface area contributed by atoms with Gasteiger partial charge in [0.1, 0.15) is 10.8 Å². The SMILES string of the molecule is COc1ccc2c(n1)Sc1cccnc1N2. The van der Waals surface area contributed by atoms with Crippen molar-refractivity contribution in [2.24, 2.45) is 0 Å². The first-order chi connectivity index (χ1) is 7.86. The summed E-state index contributed by atoms with van der Waals surface area (Å²) in [5.41, 5.74) is 0.969. The maximum Gasteiger partial charge on any atom is 0.214 e. The highest BCUT2D eigenvalue weighted by Crippen LogP contribution is 2.42. The number of methoxy groups -OCH3 is 1. The number of rotatable bonds is 1. The van der Waals surface area contributed by atoms with E-state index in [9.17, 15) is 0 Å². The van der Waals surface area contributed by atoms with E-state index in [2.05, 4.69) is 15.3 Å². The molecule has 0 fully saturated rings. The number of hydrogen-bond acceptors (Lipinski definition) is 5. The molecule has 2 aromatic heterocycles. The highest BCUT2D eigenvalue weighted by Gasteiger charge is 2.17. The van der Waals surface area contributed by atoms with Gasteiger partial charge in [0.05, 0.1) is 17.7 Å². The number of pyridine rings is 2. The summed E-state index contributed by atoms with van der Waals surface area (Å²) in [6.45, 7) is 0. The Morgan fingerprint density at radius 3 is 3.12 bits per heavy atom. The highest BCUT2D eigenvalue weighted by molar-refractivity contribution is 7.99. The minimum Gasteiger partial charge on any atom is -0.481 e. The summed E-state index contributed by atoms with van der Waals surface area (Å²) >= 11 is 1.60. The van der Waals surface area contributed by atoms with Gasteiger partial charge in [0, 0.05) is 12.3 Å². The van der Waals surface area contributed by atoms with Gasteiger partial charge < -0.3 is 10.1 Å². The zero-order chi connectivity index (χ0) is 11.0. The van der Waals surface area contributed by atoms with Crippen LogP contribution in [0.1, 0.15) is 0 Å². The quantitative estimate of drug-likeness (QED) is 0.697. The standard InChI is InChI=1S/C11H9N3OS/c1-15-9-5-4-7-11(14-9)16-8-3-2-6-12-10(8)13-7/h2-6H,1H3,(H,12,13). The van der Waals surface area contributed by atoms with E-state index in [0.29, 0.717) is 5.88 Å². The third-order valence-corrected chi connectivity index (χ3v) is 3.33. The van der Waals surface area contributed by atoms with E-state index < -0.39 is 0 Å². The molecule has 1 aliphatic heterocycles. The fourth-order valence-corrected chi connectivity index (χ4v) is 2.43. The summed E-state index contributed by atoms with van der Waals surface area (Å²) in [6.07, 6.45) is 1.77. The van der Waals surface area contributed by atoms with E-state index in [1.54, 1.807) is 25.1 Å². The van der Waals surface area contributed by atoms with Gasteiger partial charge in [-0.25, -0.2) is 9.97 Å². The molecule has 0 atom stereocenters. The van der Waals surface area contributed by atoms with Crippen LogP contribution in [0.3, 0.4) is 0 Å². The van der Waals surface area contributed by atoms with Crippen molar-refractivity contribution in [3.8, 4) is 5.88 Å². The number of nitrogens with one attached hydrogen (secondary N) is 1. The Balaban J connectivity index is 2.05. The summed E-state index contributed by atoms with van der Waals surface area (Å²) in [5, 5.41) is 4.16. The third kappa shape index (κ3) is 1.49. The molecule has 0 saturated carbocycles. The molecule has 3 rings (SSSR count). The molecule has 80 valence electrons. The van der Waals surface area contributed by atoms with E-state index in [4.69, 9.17) is 4.74 Å². The monoisotopic (exact) mass is 231 g/mol. The molecule has 0 unspecified atom stereocenters. The van der Waals surface area contributed by atoms with Gasteiger partial charge in [-0.2, -0.15) is 0 Å². The molecule has 0 amide bonds. The summed E-state index contributed by atoms with van der Waals surface area (Å²) in [5.74, 6) is 1.51. The van der Waals surface area contributed by atoms with Crippen molar-refractivity contribution in [3.05, 3.63) is 30.5 Å². The number of fused-ring (bicyclic) bond motifs is 2. The summed E-state index contributed by atoms with van der Waals surface area (Å²) < 4.78 is 5.10. The van der Waals surface area contributed by atoms with Gasteiger partial charge in [-0.1, -0.05) is 11.8 Å². The van der Waals surface area contributed by atoms with Gasteiger partial charge >= 0.3 is 0 Å². The van der Waals surface area contributed by atoms with E-state index in [-0.39, 0.29) is 0 Å². The van der Waals surface area contributed by atoms with Crippen LogP contribution >= 0.6 is 11.8 Å². The van der Waals surface area contributed by atoms with Crippen LogP contribution in [-0.4, -0.2) is 17.1 Å². The van der Waals surface area contributed by atoms with Crippen LogP contribution in [0.25, 0.3) is 0 Å². The van der Waals surface area contributed by atoms with Gasteiger partial charge in [-0.15, -0.1) is 0 Å². The van der Waals surface area contributed by atoms with Crippen molar-refractivity contribution < 1.29 is 4.74 Å². The van der Waals surface area contributed by atoms with E-state index in [0.717, 1.165) is 21.4 Å². The van der Waals surface area contributed by atoms with Gasteiger partial charge in [0.25, 0.3) is 0 Å². The second-order valence-corrected chi connectivity index (χ2v) is 4.31. The number of aromatic nitrogens is 2. The Kier molecular flexibility index (Phi) is 2.18. The molecule has 0 bridgehead atoms. The fraction of sp³-hybridized carbons (Fsp3) is 0.0909. The second-order valence-electron chi connectivity index (χ2n) is 3.28. The lowest BCUT2D eigenvalue weighted by Gasteiger charge is -2.18. The van der Waals surface area contributed by atoms with Gasteiger partial charge in [-0.05, 0) is 18.2 Å². The molecule has 3 heterocycles. The van der Waals surface area contributed by atoms with E-state index in [1.165, 1.54) is 0 Å². The summed E-state index contributed by atoms with van der Waals surface area (Å²) in [6, 6.07) is 7.72. The molecular weight excluding hydrogens is 222 g/mol. The van der Waals surface area contributed by atoms with Crippen LogP contribution in [0.4, 0.5) is 11.5 Å². The Bertz CT molecular complexity index is 545. The topological polar surface area (TPSA) is 47.0 Å². The highest BCUT2D eigenvalue weighted by atomic mass is 32.2. The predicted octanol–water partition coefficient (Wildman–Crippen LogP) is 2.69. The molecule has 0 spiro atoms. The minimum atomic E-state index is 0.625. The molecule has 1 aliphatic rings. The average Bonchev–Trinajstić information content (AvgIpc) is 2.35. The first kappa shape index (κ1) is 9.47. The largest absolute Gasteiger partial charge is 0.481 e. The van der Waals surface area contributed by atoms with Gasteiger partial charge in [-0.3, -0.25) is 0 Å². The van der Waals surface area contributed by atoms with Crippen LogP contribution in [0, 0.1) is 0 Å².